The van der Waals surface area contributed by atoms with Crippen LogP contribution in [0, 0.1) is 6.92 Å². The van der Waals surface area contributed by atoms with Gasteiger partial charge in [0.25, 0.3) is 0 Å². The van der Waals surface area contributed by atoms with Crippen LogP contribution >= 0.6 is 0 Å². The van der Waals surface area contributed by atoms with Crippen LogP contribution in [0.15, 0.2) is 59.7 Å². The van der Waals surface area contributed by atoms with E-state index in [1.807, 2.05) is 61.5 Å². The molecule has 3 nitrogen and oxygen atoms in total. The quantitative estimate of drug-likeness (QED) is 0.656. The minimum atomic E-state index is -0.0707. The molecule has 1 N–H and O–H groups in total. The summed E-state index contributed by atoms with van der Waals surface area (Å²) in [5.74, 6) is -0.0707. The summed E-state index contributed by atoms with van der Waals surface area (Å²) in [5, 5.41) is 3.99. The molecule has 0 bridgehead atoms. The Morgan fingerprint density at radius 3 is 2.55 bits per heavy atom. The van der Waals surface area contributed by atoms with E-state index in [-0.39, 0.29) is 5.91 Å². The van der Waals surface area contributed by atoms with Crippen LogP contribution in [-0.4, -0.2) is 12.1 Å². The second kappa shape index (κ2) is 7.24. The molecule has 0 spiro atoms. The lowest BCUT2D eigenvalue weighted by molar-refractivity contribution is -0.121. The van der Waals surface area contributed by atoms with E-state index >= 15 is 0 Å². The van der Waals surface area contributed by atoms with Crippen molar-refractivity contribution in [3.8, 4) is 0 Å². The van der Waals surface area contributed by atoms with Crippen LogP contribution in [0.5, 0.6) is 0 Å². The Bertz CT molecular complexity index is 591. The summed E-state index contributed by atoms with van der Waals surface area (Å²) in [7, 11) is 0. The fourth-order valence-electron chi connectivity index (χ4n) is 1.86. The molecule has 0 atom stereocenters. The zero-order valence-corrected chi connectivity index (χ0v) is 11.5. The maximum atomic E-state index is 11.7. The molecule has 0 heterocycles. The molecule has 3 heteroatoms. The lowest BCUT2D eigenvalue weighted by atomic mass is 10.1. The largest absolute Gasteiger partial charge is 0.273 e. The molecule has 0 unspecified atom stereocenters. The van der Waals surface area contributed by atoms with Gasteiger partial charge in [0.05, 0.1) is 6.21 Å². The molecule has 1 amide bonds. The Morgan fingerprint density at radius 1 is 1.10 bits per heavy atom. The van der Waals surface area contributed by atoms with Crippen LogP contribution in [0.2, 0.25) is 0 Å². The molecule has 0 fully saturated rings. The summed E-state index contributed by atoms with van der Waals surface area (Å²) in [5.41, 5.74) is 5.86. The molecular formula is C17H18N2O. The molecule has 0 aromatic heterocycles. The van der Waals surface area contributed by atoms with Gasteiger partial charge in [-0.2, -0.15) is 5.10 Å². The highest BCUT2D eigenvalue weighted by Crippen LogP contribution is 2.04. The highest BCUT2D eigenvalue weighted by molar-refractivity contribution is 5.83. The first kappa shape index (κ1) is 14.0. The van der Waals surface area contributed by atoms with E-state index in [4.69, 9.17) is 0 Å². The average molecular weight is 266 g/mol. The van der Waals surface area contributed by atoms with Gasteiger partial charge in [0.2, 0.25) is 5.91 Å². The van der Waals surface area contributed by atoms with Crippen molar-refractivity contribution >= 4 is 12.1 Å². The van der Waals surface area contributed by atoms with Crippen molar-refractivity contribution in [2.75, 3.05) is 0 Å². The fourth-order valence-corrected chi connectivity index (χ4v) is 1.86. The monoisotopic (exact) mass is 266 g/mol. The zero-order valence-electron chi connectivity index (χ0n) is 11.5. The average Bonchev–Trinajstić information content (AvgIpc) is 2.48. The second-order valence-electron chi connectivity index (χ2n) is 4.64. The highest BCUT2D eigenvalue weighted by Gasteiger charge is 2.00. The summed E-state index contributed by atoms with van der Waals surface area (Å²) < 4.78 is 0. The van der Waals surface area contributed by atoms with Crippen LogP contribution in [0.1, 0.15) is 23.1 Å². The molecule has 2 rings (SSSR count). The summed E-state index contributed by atoms with van der Waals surface area (Å²) in [6.45, 7) is 2.01. The summed E-state index contributed by atoms with van der Waals surface area (Å²) in [4.78, 5) is 11.7. The Hall–Kier alpha value is -2.42. The van der Waals surface area contributed by atoms with Gasteiger partial charge in [-0.15, -0.1) is 0 Å². The first-order valence-electron chi connectivity index (χ1n) is 6.67. The van der Waals surface area contributed by atoms with E-state index in [0.29, 0.717) is 6.42 Å². The van der Waals surface area contributed by atoms with Crippen molar-refractivity contribution in [1.29, 1.82) is 0 Å². The zero-order chi connectivity index (χ0) is 14.2. The third-order valence-electron chi connectivity index (χ3n) is 3.06. The third kappa shape index (κ3) is 4.35. The number of aryl methyl sites for hydroxylation is 2. The van der Waals surface area contributed by atoms with E-state index < -0.39 is 0 Å². The van der Waals surface area contributed by atoms with Gasteiger partial charge in [-0.1, -0.05) is 54.6 Å². The molecule has 0 radical (unpaired) electrons. The standard InChI is InChI=1S/C17H18N2O/c1-14-7-5-6-10-16(14)13-18-19-17(20)12-11-15-8-3-2-4-9-15/h2-10,13H,11-12H2,1H3,(H,19,20)/b18-13-. The van der Waals surface area contributed by atoms with Crippen molar-refractivity contribution in [3.63, 3.8) is 0 Å². The minimum absolute atomic E-state index is 0.0707. The number of nitrogens with one attached hydrogen (secondary N) is 1. The number of nitrogens with zero attached hydrogens (tertiary/aromatic N) is 1. The minimum Gasteiger partial charge on any atom is -0.273 e. The lowest BCUT2D eigenvalue weighted by Crippen LogP contribution is -2.17. The number of amides is 1. The van der Waals surface area contributed by atoms with E-state index in [0.717, 1.165) is 23.1 Å². The van der Waals surface area contributed by atoms with Gasteiger partial charge in [0.1, 0.15) is 0 Å². The first-order valence-corrected chi connectivity index (χ1v) is 6.67. The SMILES string of the molecule is Cc1ccccc1/C=N\NC(=O)CCc1ccccc1. The normalized spacial score (nSPS) is 10.7. The maximum absolute atomic E-state index is 11.7. The van der Waals surface area contributed by atoms with Crippen molar-refractivity contribution in [1.82, 2.24) is 5.43 Å². The first-order chi connectivity index (χ1) is 9.75. The second-order valence-corrected chi connectivity index (χ2v) is 4.64. The van der Waals surface area contributed by atoms with Crippen molar-refractivity contribution in [2.45, 2.75) is 19.8 Å². The van der Waals surface area contributed by atoms with Crippen LogP contribution in [0.4, 0.5) is 0 Å². The van der Waals surface area contributed by atoms with Gasteiger partial charge in [-0.25, -0.2) is 5.43 Å². The van der Waals surface area contributed by atoms with Gasteiger partial charge in [0, 0.05) is 6.42 Å². The number of hydrazone groups is 1. The third-order valence-corrected chi connectivity index (χ3v) is 3.06. The number of hydrogen-bond donors (Lipinski definition) is 1. The summed E-state index contributed by atoms with van der Waals surface area (Å²) in [6, 6.07) is 17.9. The number of hydrogen-bond acceptors (Lipinski definition) is 2. The predicted molar refractivity (Wildman–Crippen MR) is 81.7 cm³/mol. The van der Waals surface area contributed by atoms with E-state index in [2.05, 4.69) is 10.5 Å². The van der Waals surface area contributed by atoms with E-state index in [1.165, 1.54) is 0 Å². The van der Waals surface area contributed by atoms with E-state index in [1.54, 1.807) is 6.21 Å². The van der Waals surface area contributed by atoms with Crippen molar-refractivity contribution in [3.05, 3.63) is 71.3 Å². The lowest BCUT2D eigenvalue weighted by Gasteiger charge is -2.01. The van der Waals surface area contributed by atoms with Crippen LogP contribution in [0.3, 0.4) is 0 Å². The molecule has 2 aromatic carbocycles. The van der Waals surface area contributed by atoms with Gasteiger partial charge in [-0.05, 0) is 30.0 Å². The molecule has 2 aromatic rings. The molecule has 20 heavy (non-hydrogen) atoms. The smallest absolute Gasteiger partial charge is 0.240 e. The number of rotatable bonds is 5. The van der Waals surface area contributed by atoms with E-state index in [9.17, 15) is 4.79 Å². The summed E-state index contributed by atoms with van der Waals surface area (Å²) >= 11 is 0. The van der Waals surface area contributed by atoms with Crippen LogP contribution < -0.4 is 5.43 Å². The van der Waals surface area contributed by atoms with Gasteiger partial charge in [0.15, 0.2) is 0 Å². The molecule has 0 saturated heterocycles. The van der Waals surface area contributed by atoms with Crippen LogP contribution in [-0.2, 0) is 11.2 Å². The molecule has 0 saturated carbocycles. The molecule has 102 valence electrons. The Labute approximate surface area is 119 Å². The van der Waals surface area contributed by atoms with Gasteiger partial charge >= 0.3 is 0 Å². The number of carbonyl (C=O) groups excluding carboxylic acids is 1. The van der Waals surface area contributed by atoms with Crippen LogP contribution in [0.25, 0.3) is 0 Å². The molecular weight excluding hydrogens is 248 g/mol. The Balaban J connectivity index is 1.79. The Kier molecular flexibility index (Phi) is 5.07. The molecule has 0 aliphatic heterocycles. The van der Waals surface area contributed by atoms with Gasteiger partial charge in [-0.3, -0.25) is 4.79 Å². The molecule has 0 aliphatic rings. The highest BCUT2D eigenvalue weighted by atomic mass is 16.2. The Morgan fingerprint density at radius 2 is 1.80 bits per heavy atom. The number of benzene rings is 2. The topological polar surface area (TPSA) is 41.5 Å². The van der Waals surface area contributed by atoms with Crippen molar-refractivity contribution < 1.29 is 4.79 Å². The fraction of sp³-hybridized carbons (Fsp3) is 0.176. The van der Waals surface area contributed by atoms with Gasteiger partial charge < -0.3 is 0 Å². The predicted octanol–water partition coefficient (Wildman–Crippen LogP) is 3.08. The summed E-state index contributed by atoms with van der Waals surface area (Å²) in [6.07, 6.45) is 2.84. The number of carbonyl (C=O) groups is 1. The molecule has 0 aliphatic carbocycles. The maximum Gasteiger partial charge on any atom is 0.240 e. The van der Waals surface area contributed by atoms with Crippen molar-refractivity contribution in [2.24, 2.45) is 5.10 Å².